The Kier molecular flexibility index (Phi) is 5.04. The minimum Gasteiger partial charge on any atom is -0.505 e. The van der Waals surface area contributed by atoms with E-state index in [-0.39, 0.29) is 22.5 Å². The van der Waals surface area contributed by atoms with Gasteiger partial charge < -0.3 is 20.3 Å². The van der Waals surface area contributed by atoms with Gasteiger partial charge in [0.2, 0.25) is 6.41 Å². The minimum absolute atomic E-state index is 0.180. The summed E-state index contributed by atoms with van der Waals surface area (Å²) in [5, 5.41) is 22.8. The van der Waals surface area contributed by atoms with Crippen LogP contribution in [0.4, 0.5) is 0 Å². The summed E-state index contributed by atoms with van der Waals surface area (Å²) < 4.78 is 6.14. The molecule has 1 heterocycles. The van der Waals surface area contributed by atoms with Crippen molar-refractivity contribution in [2.75, 3.05) is 0 Å². The van der Waals surface area contributed by atoms with Crippen LogP contribution in [-0.4, -0.2) is 27.6 Å². The predicted molar refractivity (Wildman–Crippen MR) is 97.2 cm³/mol. The number of rotatable bonds is 6. The fraction of sp³-hybridized carbons (Fsp3) is 0.0556. The average molecular weight is 417 g/mol. The summed E-state index contributed by atoms with van der Waals surface area (Å²) in [7, 11) is 0. The van der Waals surface area contributed by atoms with E-state index in [9.17, 15) is 19.8 Å². The van der Waals surface area contributed by atoms with Crippen molar-refractivity contribution in [1.82, 2.24) is 10.3 Å². The monoisotopic (exact) mass is 416 g/mol. The lowest BCUT2D eigenvalue weighted by Crippen LogP contribution is -2.28. The Morgan fingerprint density at radius 2 is 1.92 bits per heavy atom. The van der Waals surface area contributed by atoms with E-state index in [0.29, 0.717) is 22.3 Å². The Bertz CT molecular complexity index is 978. The van der Waals surface area contributed by atoms with Crippen molar-refractivity contribution >= 4 is 39.1 Å². The molecule has 0 saturated heterocycles. The molecule has 3 N–H and O–H groups in total. The van der Waals surface area contributed by atoms with Gasteiger partial charge in [-0.15, -0.1) is 0 Å². The summed E-state index contributed by atoms with van der Waals surface area (Å²) in [6.45, 7) is 0. The van der Waals surface area contributed by atoms with Gasteiger partial charge in [0, 0.05) is 5.39 Å². The number of halogens is 1. The maximum absolute atomic E-state index is 11.4. The Hall–Kier alpha value is -3.13. The van der Waals surface area contributed by atoms with E-state index in [1.165, 1.54) is 0 Å². The summed E-state index contributed by atoms with van der Waals surface area (Å²) in [5.74, 6) is -0.655. The van der Waals surface area contributed by atoms with Crippen LogP contribution in [0.2, 0.25) is 0 Å². The molecule has 7 nitrogen and oxygen atoms in total. The molecular formula is C18H13BrN2O5. The van der Waals surface area contributed by atoms with Gasteiger partial charge in [-0.05, 0) is 34.1 Å². The van der Waals surface area contributed by atoms with Crippen molar-refractivity contribution in [3.05, 3.63) is 58.8 Å². The molecule has 0 unspecified atom stereocenters. The molecule has 2 aromatic carbocycles. The first-order valence-electron chi connectivity index (χ1n) is 7.49. The smallest absolute Gasteiger partial charge is 0.332 e. The molecule has 0 spiro atoms. The zero-order chi connectivity index (χ0) is 18.7. The molecule has 0 aliphatic heterocycles. The number of carboxylic acids is 1. The summed E-state index contributed by atoms with van der Waals surface area (Å²) in [5.41, 5.74) is -0.180. The second kappa shape index (κ2) is 7.40. The molecule has 1 amide bonds. The number of carboxylic acid groups (broad SMARTS) is 1. The lowest BCUT2D eigenvalue weighted by molar-refractivity contribution is -0.140. The highest BCUT2D eigenvalue weighted by atomic mass is 79.9. The number of benzene rings is 2. The molecule has 0 aliphatic rings. The predicted octanol–water partition coefficient (Wildman–Crippen LogP) is 3.37. The van der Waals surface area contributed by atoms with Crippen LogP contribution in [-0.2, 0) is 9.59 Å². The van der Waals surface area contributed by atoms with E-state index >= 15 is 0 Å². The molecule has 0 saturated carbocycles. The van der Waals surface area contributed by atoms with E-state index in [1.807, 2.05) is 18.2 Å². The lowest BCUT2D eigenvalue weighted by Gasteiger charge is -2.16. The number of amides is 1. The van der Waals surface area contributed by atoms with Crippen molar-refractivity contribution in [3.8, 4) is 17.2 Å². The zero-order valence-electron chi connectivity index (χ0n) is 13.2. The highest BCUT2D eigenvalue weighted by Gasteiger charge is 2.27. The Morgan fingerprint density at radius 1 is 1.19 bits per heavy atom. The van der Waals surface area contributed by atoms with Crippen molar-refractivity contribution in [2.45, 2.75) is 6.04 Å². The SMILES string of the molecule is O=CN[C@H](C(=O)O)c1nc(Br)c2c(Oc3ccccc3)cccc2c1O. The summed E-state index contributed by atoms with van der Waals surface area (Å²) in [6, 6.07) is 12.6. The number of para-hydroxylation sites is 1. The largest absolute Gasteiger partial charge is 0.505 e. The topological polar surface area (TPSA) is 109 Å². The maximum Gasteiger partial charge on any atom is 0.332 e. The first kappa shape index (κ1) is 17.7. The highest BCUT2D eigenvalue weighted by Crippen LogP contribution is 2.40. The van der Waals surface area contributed by atoms with E-state index in [2.05, 4.69) is 26.2 Å². The standard InChI is InChI=1S/C18H13BrN2O5/c19-17-13-11(16(23)14(21-17)15(18(24)25)20-9-22)7-4-8-12(13)26-10-5-2-1-3-6-10/h1-9,15,23H,(H,20,22)(H,24,25)/t15-/m0/s1. The lowest BCUT2D eigenvalue weighted by atomic mass is 10.1. The fourth-order valence-corrected chi connectivity index (χ4v) is 3.13. The third-order valence-electron chi connectivity index (χ3n) is 3.67. The van der Waals surface area contributed by atoms with Gasteiger partial charge in [-0.3, -0.25) is 4.79 Å². The van der Waals surface area contributed by atoms with E-state index in [0.717, 1.165) is 0 Å². The molecule has 0 fully saturated rings. The van der Waals surface area contributed by atoms with Gasteiger partial charge in [-0.25, -0.2) is 9.78 Å². The van der Waals surface area contributed by atoms with Crippen LogP contribution in [0.1, 0.15) is 11.7 Å². The van der Waals surface area contributed by atoms with Crippen molar-refractivity contribution in [3.63, 3.8) is 0 Å². The Balaban J connectivity index is 2.16. The number of aromatic nitrogens is 1. The number of fused-ring (bicyclic) bond motifs is 1. The number of aliphatic carboxylic acids is 1. The third-order valence-corrected chi connectivity index (χ3v) is 4.25. The molecule has 3 aromatic rings. The normalized spacial score (nSPS) is 11.7. The Labute approximate surface area is 156 Å². The number of hydrogen-bond donors (Lipinski definition) is 3. The Morgan fingerprint density at radius 3 is 2.58 bits per heavy atom. The molecular weight excluding hydrogens is 404 g/mol. The van der Waals surface area contributed by atoms with Gasteiger partial charge >= 0.3 is 5.97 Å². The zero-order valence-corrected chi connectivity index (χ0v) is 14.8. The van der Waals surface area contributed by atoms with Crippen LogP contribution < -0.4 is 10.1 Å². The molecule has 0 bridgehead atoms. The first-order chi connectivity index (χ1) is 12.5. The van der Waals surface area contributed by atoms with Gasteiger partial charge in [0.1, 0.15) is 27.5 Å². The van der Waals surface area contributed by atoms with Crippen LogP contribution in [0.15, 0.2) is 53.1 Å². The molecule has 0 aliphatic carbocycles. The molecule has 26 heavy (non-hydrogen) atoms. The number of carbonyl (C=O) groups excluding carboxylic acids is 1. The minimum atomic E-state index is -1.48. The molecule has 132 valence electrons. The van der Waals surface area contributed by atoms with Crippen LogP contribution in [0.25, 0.3) is 10.8 Å². The molecule has 0 radical (unpaired) electrons. The van der Waals surface area contributed by atoms with E-state index in [1.54, 1.807) is 30.3 Å². The number of nitrogens with one attached hydrogen (secondary N) is 1. The molecule has 1 atom stereocenters. The summed E-state index contributed by atoms with van der Waals surface area (Å²) >= 11 is 3.30. The quantitative estimate of drug-likeness (QED) is 0.419. The number of ether oxygens (including phenoxy) is 1. The summed E-state index contributed by atoms with van der Waals surface area (Å²) in [6.07, 6.45) is 0.243. The van der Waals surface area contributed by atoms with Crippen LogP contribution in [0.3, 0.4) is 0 Å². The third kappa shape index (κ3) is 3.31. The van der Waals surface area contributed by atoms with Crippen molar-refractivity contribution in [2.24, 2.45) is 0 Å². The number of hydrogen-bond acceptors (Lipinski definition) is 5. The van der Waals surface area contributed by atoms with E-state index < -0.39 is 12.0 Å². The van der Waals surface area contributed by atoms with Gasteiger partial charge in [0.25, 0.3) is 0 Å². The second-order valence-corrected chi connectivity index (χ2v) is 6.04. The summed E-state index contributed by atoms with van der Waals surface area (Å²) in [4.78, 5) is 26.2. The van der Waals surface area contributed by atoms with Gasteiger partial charge in [0.15, 0.2) is 6.04 Å². The van der Waals surface area contributed by atoms with E-state index in [4.69, 9.17) is 4.74 Å². The van der Waals surface area contributed by atoms with Crippen LogP contribution in [0.5, 0.6) is 17.2 Å². The fourth-order valence-electron chi connectivity index (χ4n) is 2.53. The number of pyridine rings is 1. The second-order valence-electron chi connectivity index (χ2n) is 5.29. The van der Waals surface area contributed by atoms with Crippen LogP contribution >= 0.6 is 15.9 Å². The van der Waals surface area contributed by atoms with Crippen molar-refractivity contribution < 1.29 is 24.5 Å². The maximum atomic E-state index is 11.4. The molecule has 1 aromatic heterocycles. The molecule has 8 heteroatoms. The molecule has 3 rings (SSSR count). The van der Waals surface area contributed by atoms with Gasteiger partial charge in [-0.2, -0.15) is 0 Å². The van der Waals surface area contributed by atoms with Gasteiger partial charge in [0.05, 0.1) is 5.39 Å². The average Bonchev–Trinajstić information content (AvgIpc) is 2.63. The van der Waals surface area contributed by atoms with Gasteiger partial charge in [-0.1, -0.05) is 30.3 Å². The first-order valence-corrected chi connectivity index (χ1v) is 8.28. The number of aromatic hydroxyl groups is 1. The van der Waals surface area contributed by atoms with Crippen LogP contribution in [0, 0.1) is 0 Å². The number of nitrogens with zero attached hydrogens (tertiary/aromatic N) is 1. The highest BCUT2D eigenvalue weighted by molar-refractivity contribution is 9.10. The number of carbonyl (C=O) groups is 2. The van der Waals surface area contributed by atoms with Crippen molar-refractivity contribution in [1.29, 1.82) is 0 Å².